The van der Waals surface area contributed by atoms with Crippen molar-refractivity contribution in [1.29, 1.82) is 0 Å². The molecule has 0 saturated heterocycles. The molecule has 0 aliphatic carbocycles. The Morgan fingerprint density at radius 3 is 2.88 bits per heavy atom. The van der Waals surface area contributed by atoms with E-state index in [2.05, 4.69) is 9.97 Å². The van der Waals surface area contributed by atoms with Gasteiger partial charge in [-0.15, -0.1) is 11.3 Å². The highest BCUT2D eigenvalue weighted by Crippen LogP contribution is 2.37. The van der Waals surface area contributed by atoms with E-state index in [0.717, 1.165) is 21.5 Å². The van der Waals surface area contributed by atoms with Crippen LogP contribution < -0.4 is 0 Å². The van der Waals surface area contributed by atoms with Crippen LogP contribution in [0.3, 0.4) is 0 Å². The summed E-state index contributed by atoms with van der Waals surface area (Å²) in [4.78, 5) is 8.80. The van der Waals surface area contributed by atoms with Crippen molar-refractivity contribution in [1.82, 2.24) is 9.97 Å². The first-order valence-corrected chi connectivity index (χ1v) is 6.03. The van der Waals surface area contributed by atoms with E-state index in [1.165, 1.54) is 11.3 Å². The summed E-state index contributed by atoms with van der Waals surface area (Å²) in [6, 6.07) is 3.69. The van der Waals surface area contributed by atoms with Gasteiger partial charge in [-0.3, -0.25) is 0 Å². The van der Waals surface area contributed by atoms with Crippen LogP contribution in [0.4, 0.5) is 0 Å². The van der Waals surface area contributed by atoms with Gasteiger partial charge in [0.05, 0.1) is 11.6 Å². The van der Waals surface area contributed by atoms with Crippen LogP contribution in [-0.4, -0.2) is 9.97 Å². The van der Waals surface area contributed by atoms with Gasteiger partial charge in [0.25, 0.3) is 0 Å². The average molecular weight is 271 g/mol. The number of nitrogens with zero attached hydrogens (tertiary/aromatic N) is 2. The third kappa shape index (κ3) is 1.50. The summed E-state index contributed by atoms with van der Waals surface area (Å²) in [5.74, 6) is 0.749. The van der Waals surface area contributed by atoms with Crippen LogP contribution in [0.1, 0.15) is 0 Å². The lowest BCUT2D eigenvalue weighted by atomic mass is 10.2. The maximum absolute atomic E-state index is 6.06. The predicted molar refractivity (Wildman–Crippen MR) is 65.1 cm³/mol. The number of halogens is 2. The molecule has 0 aliphatic heterocycles. The van der Waals surface area contributed by atoms with Gasteiger partial charge in [0.2, 0.25) is 5.28 Å². The molecule has 0 radical (unpaired) electrons. The molecule has 0 aliphatic rings. The predicted octanol–water partition coefficient (Wildman–Crippen LogP) is 4.26. The van der Waals surface area contributed by atoms with Crippen molar-refractivity contribution in [2.75, 3.05) is 0 Å². The van der Waals surface area contributed by atoms with Gasteiger partial charge in [0.15, 0.2) is 0 Å². The monoisotopic (exact) mass is 270 g/mol. The maximum Gasteiger partial charge on any atom is 0.225 e. The highest BCUT2D eigenvalue weighted by atomic mass is 35.5. The van der Waals surface area contributed by atoms with Crippen molar-refractivity contribution in [3.63, 3.8) is 0 Å². The van der Waals surface area contributed by atoms with Crippen molar-refractivity contribution in [2.24, 2.45) is 0 Å². The van der Waals surface area contributed by atoms with Crippen LogP contribution in [0, 0.1) is 0 Å². The van der Waals surface area contributed by atoms with Crippen molar-refractivity contribution in [3.05, 3.63) is 34.2 Å². The quantitative estimate of drug-likeness (QED) is 0.490. The lowest BCUT2D eigenvalue weighted by Crippen LogP contribution is -1.83. The number of fused-ring (bicyclic) bond motifs is 1. The molecule has 0 bridgehead atoms. The average Bonchev–Trinajstić information content (AvgIpc) is 2.82. The minimum absolute atomic E-state index is 0.158. The van der Waals surface area contributed by atoms with Crippen LogP contribution >= 0.6 is 34.5 Å². The third-order valence-electron chi connectivity index (χ3n) is 2.15. The fourth-order valence-electron chi connectivity index (χ4n) is 1.49. The Kier molecular flexibility index (Phi) is 2.35. The lowest BCUT2D eigenvalue weighted by Gasteiger charge is -1.97. The first-order chi connectivity index (χ1) is 7.75. The maximum atomic E-state index is 6.06. The molecule has 80 valence electrons. The van der Waals surface area contributed by atoms with Gasteiger partial charge < -0.3 is 4.42 Å². The molecule has 0 atom stereocenters. The molecular weight excluding hydrogens is 267 g/mol. The Bertz CT molecular complexity index is 648. The van der Waals surface area contributed by atoms with Gasteiger partial charge in [0, 0.05) is 10.9 Å². The summed E-state index contributed by atoms with van der Waals surface area (Å²) in [7, 11) is 0. The van der Waals surface area contributed by atoms with Crippen LogP contribution in [0.2, 0.25) is 10.4 Å². The molecule has 6 heteroatoms. The molecule has 0 saturated carbocycles. The number of hydrogen-bond acceptors (Lipinski definition) is 4. The number of hydrogen-bond donors (Lipinski definition) is 0. The van der Waals surface area contributed by atoms with E-state index in [9.17, 15) is 0 Å². The topological polar surface area (TPSA) is 38.9 Å². The van der Waals surface area contributed by atoms with Crippen molar-refractivity contribution < 1.29 is 4.42 Å². The minimum atomic E-state index is 0.158. The van der Waals surface area contributed by atoms with Crippen molar-refractivity contribution >= 4 is 44.8 Å². The minimum Gasteiger partial charge on any atom is -0.464 e. The van der Waals surface area contributed by atoms with Crippen LogP contribution in [-0.2, 0) is 0 Å². The van der Waals surface area contributed by atoms with Gasteiger partial charge in [0.1, 0.15) is 15.7 Å². The number of aromatic nitrogens is 2. The second-order valence-electron chi connectivity index (χ2n) is 3.09. The number of furan rings is 1. The summed E-state index contributed by atoms with van der Waals surface area (Å²) in [6.45, 7) is 0. The van der Waals surface area contributed by atoms with Gasteiger partial charge in [-0.1, -0.05) is 11.6 Å². The summed E-state index contributed by atoms with van der Waals surface area (Å²) in [5.41, 5.74) is 0.895. The Balaban J connectivity index is 2.36. The molecule has 3 rings (SSSR count). The first-order valence-electron chi connectivity index (χ1n) is 4.40. The summed E-state index contributed by atoms with van der Waals surface area (Å²) < 4.78 is 5.33. The standard InChI is InChI=1S/C10H4Cl2N2OS/c11-8-7-5(6-2-1-3-15-6)4-16-9(7)14-10(12)13-8/h1-4H. The second-order valence-corrected chi connectivity index (χ2v) is 4.64. The van der Waals surface area contributed by atoms with Crippen LogP contribution in [0.25, 0.3) is 21.5 Å². The van der Waals surface area contributed by atoms with Crippen molar-refractivity contribution in [2.45, 2.75) is 0 Å². The zero-order valence-corrected chi connectivity index (χ0v) is 10.1. The highest BCUT2D eigenvalue weighted by molar-refractivity contribution is 7.17. The highest BCUT2D eigenvalue weighted by Gasteiger charge is 2.14. The van der Waals surface area contributed by atoms with E-state index in [4.69, 9.17) is 27.6 Å². The molecular formula is C10H4Cl2N2OS. The summed E-state index contributed by atoms with van der Waals surface area (Å²) in [6.07, 6.45) is 1.61. The van der Waals surface area contributed by atoms with Gasteiger partial charge in [-0.25, -0.2) is 9.97 Å². The molecule has 0 unspecified atom stereocenters. The Labute approximate surface area is 105 Å². The SMILES string of the molecule is Clc1nc(Cl)c2c(-c3ccco3)csc2n1. The van der Waals surface area contributed by atoms with E-state index in [1.807, 2.05) is 17.5 Å². The molecule has 0 amide bonds. The lowest BCUT2D eigenvalue weighted by molar-refractivity contribution is 0.583. The van der Waals surface area contributed by atoms with Crippen LogP contribution in [0.15, 0.2) is 28.2 Å². The number of thiophene rings is 1. The van der Waals surface area contributed by atoms with Gasteiger partial charge in [-0.05, 0) is 23.7 Å². The van der Waals surface area contributed by atoms with Gasteiger partial charge in [-0.2, -0.15) is 0 Å². The van der Waals surface area contributed by atoms with Gasteiger partial charge >= 0.3 is 0 Å². The van der Waals surface area contributed by atoms with E-state index in [0.29, 0.717) is 5.15 Å². The van der Waals surface area contributed by atoms with Crippen LogP contribution in [0.5, 0.6) is 0 Å². The zero-order valence-electron chi connectivity index (χ0n) is 7.78. The molecule has 0 fully saturated rings. The van der Waals surface area contributed by atoms with E-state index < -0.39 is 0 Å². The Morgan fingerprint density at radius 2 is 2.12 bits per heavy atom. The Morgan fingerprint density at radius 1 is 1.25 bits per heavy atom. The first kappa shape index (κ1) is 10.1. The molecule has 3 heterocycles. The zero-order chi connectivity index (χ0) is 11.1. The normalized spacial score (nSPS) is 11.1. The van der Waals surface area contributed by atoms with E-state index in [1.54, 1.807) is 6.26 Å². The second kappa shape index (κ2) is 3.73. The largest absolute Gasteiger partial charge is 0.464 e. The Hall–Kier alpha value is -1.10. The molecule has 0 spiro atoms. The van der Waals surface area contributed by atoms with E-state index >= 15 is 0 Å². The molecule has 3 aromatic heterocycles. The van der Waals surface area contributed by atoms with E-state index in [-0.39, 0.29) is 5.28 Å². The smallest absolute Gasteiger partial charge is 0.225 e. The molecule has 0 N–H and O–H groups in total. The fraction of sp³-hybridized carbons (Fsp3) is 0. The summed E-state index contributed by atoms with van der Waals surface area (Å²) in [5, 5.41) is 3.22. The third-order valence-corrected chi connectivity index (χ3v) is 3.46. The number of rotatable bonds is 1. The fourth-order valence-corrected chi connectivity index (χ4v) is 3.01. The molecule has 16 heavy (non-hydrogen) atoms. The molecule has 3 aromatic rings. The molecule has 3 nitrogen and oxygen atoms in total. The molecule has 0 aromatic carbocycles. The summed E-state index contributed by atoms with van der Waals surface area (Å²) >= 11 is 13.3. The van der Waals surface area contributed by atoms with Crippen molar-refractivity contribution in [3.8, 4) is 11.3 Å².